The lowest BCUT2D eigenvalue weighted by molar-refractivity contribution is -0.131. The van der Waals surface area contributed by atoms with Crippen LogP contribution >= 0.6 is 0 Å². The summed E-state index contributed by atoms with van der Waals surface area (Å²) in [6.45, 7) is 6.73. The number of hydrogen-bond donors (Lipinski definition) is 1. The zero-order chi connectivity index (χ0) is 19.6. The summed E-state index contributed by atoms with van der Waals surface area (Å²) in [6.07, 6.45) is 3.92. The van der Waals surface area contributed by atoms with E-state index in [1.165, 1.54) is 12.4 Å². The van der Waals surface area contributed by atoms with Crippen LogP contribution in [-0.4, -0.2) is 62.3 Å². The molecule has 0 saturated carbocycles. The Kier molecular flexibility index (Phi) is 5.50. The van der Waals surface area contributed by atoms with Gasteiger partial charge in [0, 0.05) is 31.9 Å². The van der Waals surface area contributed by atoms with Crippen molar-refractivity contribution in [1.82, 2.24) is 24.6 Å². The molecule has 1 atom stereocenters. The Morgan fingerprint density at radius 3 is 2.56 bits per heavy atom. The zero-order valence-corrected chi connectivity index (χ0v) is 16.0. The van der Waals surface area contributed by atoms with Gasteiger partial charge in [0.15, 0.2) is 6.10 Å². The van der Waals surface area contributed by atoms with Crippen molar-refractivity contribution in [2.75, 3.05) is 25.0 Å². The van der Waals surface area contributed by atoms with E-state index in [4.69, 9.17) is 4.74 Å². The number of hydrogen-bond acceptors (Lipinski definition) is 6. The van der Waals surface area contributed by atoms with Gasteiger partial charge in [0.2, 0.25) is 0 Å². The van der Waals surface area contributed by atoms with Gasteiger partial charge in [0.1, 0.15) is 5.82 Å². The maximum absolute atomic E-state index is 12.7. The van der Waals surface area contributed by atoms with Crippen LogP contribution in [0, 0.1) is 6.92 Å². The summed E-state index contributed by atoms with van der Waals surface area (Å²) in [5.74, 6) is 0.387. The third-order valence-electron chi connectivity index (χ3n) is 4.57. The van der Waals surface area contributed by atoms with Crippen LogP contribution < -0.4 is 5.32 Å². The predicted molar refractivity (Wildman–Crippen MR) is 98.3 cm³/mol. The highest BCUT2D eigenvalue weighted by Gasteiger charge is 2.30. The number of nitrogens with one attached hydrogen (secondary N) is 1. The molecule has 0 aliphatic carbocycles. The molecular weight excluding hydrogens is 348 g/mol. The average molecular weight is 372 g/mol. The van der Waals surface area contributed by atoms with E-state index in [0.717, 1.165) is 5.69 Å². The molecule has 144 valence electrons. The second-order valence-electron chi connectivity index (χ2n) is 6.85. The SMILES string of the molecule is Cc1c(NC(=O)C2CN(C(=O)c3cnc(C(C)C)nc3)CCO2)cnn1C. The molecular formula is C18H24N6O3. The predicted octanol–water partition coefficient (Wildman–Crippen LogP) is 1.12. The minimum Gasteiger partial charge on any atom is -0.365 e. The Morgan fingerprint density at radius 2 is 1.96 bits per heavy atom. The van der Waals surface area contributed by atoms with Gasteiger partial charge < -0.3 is 15.0 Å². The van der Waals surface area contributed by atoms with Gasteiger partial charge in [-0.2, -0.15) is 5.10 Å². The van der Waals surface area contributed by atoms with Crippen LogP contribution in [-0.2, 0) is 16.6 Å². The highest BCUT2D eigenvalue weighted by molar-refractivity contribution is 5.97. The molecule has 1 aliphatic heterocycles. The number of nitrogens with zero attached hydrogens (tertiary/aromatic N) is 5. The Labute approximate surface area is 157 Å². The fraction of sp³-hybridized carbons (Fsp3) is 0.500. The smallest absolute Gasteiger partial charge is 0.257 e. The Morgan fingerprint density at radius 1 is 1.26 bits per heavy atom. The molecule has 3 heterocycles. The number of amides is 2. The van der Waals surface area contributed by atoms with Gasteiger partial charge >= 0.3 is 0 Å². The first kappa shape index (κ1) is 19.0. The number of rotatable bonds is 4. The molecule has 0 aromatic carbocycles. The first-order valence-corrected chi connectivity index (χ1v) is 8.89. The highest BCUT2D eigenvalue weighted by Crippen LogP contribution is 2.16. The third kappa shape index (κ3) is 4.13. The summed E-state index contributed by atoms with van der Waals surface area (Å²) in [5.41, 5.74) is 1.88. The van der Waals surface area contributed by atoms with E-state index >= 15 is 0 Å². The molecule has 1 fully saturated rings. The van der Waals surface area contributed by atoms with E-state index in [9.17, 15) is 9.59 Å². The summed E-state index contributed by atoms with van der Waals surface area (Å²) >= 11 is 0. The van der Waals surface area contributed by atoms with Crippen LogP contribution in [0.25, 0.3) is 0 Å². The Hall–Kier alpha value is -2.81. The second kappa shape index (κ2) is 7.83. The topological polar surface area (TPSA) is 102 Å². The molecule has 2 aromatic heterocycles. The molecule has 0 spiro atoms. The van der Waals surface area contributed by atoms with E-state index in [-0.39, 0.29) is 24.3 Å². The monoisotopic (exact) mass is 372 g/mol. The van der Waals surface area contributed by atoms with Gasteiger partial charge in [-0.05, 0) is 6.92 Å². The highest BCUT2D eigenvalue weighted by atomic mass is 16.5. The fourth-order valence-electron chi connectivity index (χ4n) is 2.76. The lowest BCUT2D eigenvalue weighted by Crippen LogP contribution is -2.50. The Bertz CT molecular complexity index is 830. The molecule has 1 N–H and O–H groups in total. The number of aryl methyl sites for hydroxylation is 1. The maximum Gasteiger partial charge on any atom is 0.257 e. The molecule has 0 bridgehead atoms. The summed E-state index contributed by atoms with van der Waals surface area (Å²) in [6, 6.07) is 0. The standard InChI is InChI=1S/C18H24N6O3/c1-11(2)16-19-7-13(8-20-16)18(26)24-5-6-27-15(10-24)17(25)22-14-9-21-23(4)12(14)3/h7-9,11,15H,5-6,10H2,1-4H3,(H,22,25). The van der Waals surface area contributed by atoms with Crippen LogP contribution in [0.15, 0.2) is 18.6 Å². The Balaban J connectivity index is 1.65. The summed E-state index contributed by atoms with van der Waals surface area (Å²) in [4.78, 5) is 35.3. The molecule has 9 nitrogen and oxygen atoms in total. The fourth-order valence-corrected chi connectivity index (χ4v) is 2.76. The van der Waals surface area contributed by atoms with E-state index in [2.05, 4.69) is 20.4 Å². The van der Waals surface area contributed by atoms with Gasteiger partial charge in [-0.15, -0.1) is 0 Å². The van der Waals surface area contributed by atoms with E-state index in [1.807, 2.05) is 20.8 Å². The molecule has 3 rings (SSSR count). The molecule has 2 aromatic rings. The zero-order valence-electron chi connectivity index (χ0n) is 16.0. The van der Waals surface area contributed by atoms with Crippen molar-refractivity contribution in [2.24, 2.45) is 7.05 Å². The number of aromatic nitrogens is 4. The number of morpholine rings is 1. The first-order chi connectivity index (χ1) is 12.9. The van der Waals surface area contributed by atoms with E-state index < -0.39 is 6.10 Å². The van der Waals surface area contributed by atoms with Gasteiger partial charge in [-0.25, -0.2) is 9.97 Å². The summed E-state index contributed by atoms with van der Waals surface area (Å²) in [5, 5.41) is 6.91. The second-order valence-corrected chi connectivity index (χ2v) is 6.85. The van der Waals surface area contributed by atoms with Crippen molar-refractivity contribution in [1.29, 1.82) is 0 Å². The van der Waals surface area contributed by atoms with Crippen LogP contribution in [0.3, 0.4) is 0 Å². The van der Waals surface area contributed by atoms with Crippen molar-refractivity contribution in [3.63, 3.8) is 0 Å². The number of ether oxygens (including phenoxy) is 1. The minimum absolute atomic E-state index is 0.176. The maximum atomic E-state index is 12.7. The molecule has 1 aliphatic rings. The van der Waals surface area contributed by atoms with Gasteiger partial charge in [-0.1, -0.05) is 13.8 Å². The largest absolute Gasteiger partial charge is 0.365 e. The third-order valence-corrected chi connectivity index (χ3v) is 4.57. The molecule has 9 heteroatoms. The molecule has 27 heavy (non-hydrogen) atoms. The lowest BCUT2D eigenvalue weighted by atomic mass is 10.2. The van der Waals surface area contributed by atoms with Crippen molar-refractivity contribution < 1.29 is 14.3 Å². The van der Waals surface area contributed by atoms with Crippen molar-refractivity contribution in [2.45, 2.75) is 32.8 Å². The van der Waals surface area contributed by atoms with Crippen molar-refractivity contribution in [3.8, 4) is 0 Å². The normalized spacial score (nSPS) is 17.2. The quantitative estimate of drug-likeness (QED) is 0.863. The molecule has 2 amide bonds. The van der Waals surface area contributed by atoms with Crippen LogP contribution in [0.5, 0.6) is 0 Å². The van der Waals surface area contributed by atoms with E-state index in [1.54, 1.807) is 22.8 Å². The molecule has 0 radical (unpaired) electrons. The van der Waals surface area contributed by atoms with Crippen LogP contribution in [0.1, 0.15) is 41.6 Å². The number of carbonyl (C=O) groups is 2. The van der Waals surface area contributed by atoms with Crippen molar-refractivity contribution in [3.05, 3.63) is 35.7 Å². The summed E-state index contributed by atoms with van der Waals surface area (Å²) in [7, 11) is 1.80. The summed E-state index contributed by atoms with van der Waals surface area (Å²) < 4.78 is 7.24. The van der Waals surface area contributed by atoms with Crippen LogP contribution in [0.4, 0.5) is 5.69 Å². The minimum atomic E-state index is -0.738. The van der Waals surface area contributed by atoms with Gasteiger partial charge in [0.25, 0.3) is 11.8 Å². The first-order valence-electron chi connectivity index (χ1n) is 8.89. The molecule has 1 unspecified atom stereocenters. The average Bonchev–Trinajstić information content (AvgIpc) is 2.99. The lowest BCUT2D eigenvalue weighted by Gasteiger charge is -2.32. The van der Waals surface area contributed by atoms with Crippen molar-refractivity contribution >= 4 is 17.5 Å². The number of anilines is 1. The van der Waals surface area contributed by atoms with E-state index in [0.29, 0.717) is 30.2 Å². The molecule has 1 saturated heterocycles. The number of carbonyl (C=O) groups excluding carboxylic acids is 2. The van der Waals surface area contributed by atoms with Gasteiger partial charge in [-0.3, -0.25) is 14.3 Å². The van der Waals surface area contributed by atoms with Crippen LogP contribution in [0.2, 0.25) is 0 Å². The van der Waals surface area contributed by atoms with Gasteiger partial charge in [0.05, 0.1) is 36.3 Å².